The number of hydrogen-bond acceptors (Lipinski definition) is 9. The maximum atomic E-state index is 6.24. The number of nitrogens with two attached hydrogens (primary N) is 1. The van der Waals surface area contributed by atoms with Crippen LogP contribution in [0.15, 0.2) is 37.1 Å². The molecule has 0 amide bonds. The van der Waals surface area contributed by atoms with Gasteiger partial charge in [0.2, 0.25) is 0 Å². The van der Waals surface area contributed by atoms with Crippen molar-refractivity contribution in [3.8, 4) is 10.6 Å². The maximum absolute atomic E-state index is 6.24. The Morgan fingerprint density at radius 2 is 1.79 bits per heavy atom. The molecule has 0 bridgehead atoms. The topological polar surface area (TPSA) is 115 Å². The molecule has 1 aliphatic rings. The van der Waals surface area contributed by atoms with Crippen molar-refractivity contribution >= 4 is 39.6 Å². The first kappa shape index (κ1) is 16.9. The summed E-state index contributed by atoms with van der Waals surface area (Å²) >= 11 is 1.61. The third kappa shape index (κ3) is 3.24. The average Bonchev–Trinajstić information content (AvgIpc) is 3.40. The summed E-state index contributed by atoms with van der Waals surface area (Å²) in [5, 5.41) is 13.9. The molecule has 0 radical (unpaired) electrons. The fourth-order valence-corrected chi connectivity index (χ4v) is 4.55. The van der Waals surface area contributed by atoms with Gasteiger partial charge in [-0.3, -0.25) is 4.98 Å². The first-order chi connectivity index (χ1) is 13.8. The number of anilines is 3. The van der Waals surface area contributed by atoms with Crippen LogP contribution in [-0.2, 0) is 0 Å². The lowest BCUT2D eigenvalue weighted by Gasteiger charge is -2.08. The minimum absolute atomic E-state index is 0.434. The monoisotopic (exact) mass is 390 g/mol. The quantitative estimate of drug-likeness (QED) is 0.539. The van der Waals surface area contributed by atoms with Gasteiger partial charge in [-0.05, 0) is 25.0 Å². The Morgan fingerprint density at radius 3 is 2.61 bits per heavy atom. The molecule has 8 nitrogen and oxygen atoms in total. The number of rotatable bonds is 4. The number of aromatic nitrogens is 6. The Labute approximate surface area is 165 Å². The molecular formula is C19H18N8S. The van der Waals surface area contributed by atoms with Gasteiger partial charge in [0.25, 0.3) is 0 Å². The summed E-state index contributed by atoms with van der Waals surface area (Å²) < 4.78 is 0. The molecule has 0 spiro atoms. The van der Waals surface area contributed by atoms with E-state index >= 15 is 0 Å². The van der Waals surface area contributed by atoms with Crippen LogP contribution in [0.4, 0.5) is 17.2 Å². The Bertz CT molecular complexity index is 1120. The summed E-state index contributed by atoms with van der Waals surface area (Å²) in [6.45, 7) is 0. The zero-order valence-electron chi connectivity index (χ0n) is 15.0. The van der Waals surface area contributed by atoms with E-state index in [-0.39, 0.29) is 0 Å². The molecule has 0 aliphatic heterocycles. The largest absolute Gasteiger partial charge is 0.383 e. The number of nitrogen functional groups attached to an aromatic ring is 1. The Kier molecular flexibility index (Phi) is 4.28. The van der Waals surface area contributed by atoms with Gasteiger partial charge in [0.15, 0.2) is 5.01 Å². The number of nitrogens with zero attached hydrogens (tertiary/aromatic N) is 6. The highest BCUT2D eigenvalue weighted by Crippen LogP contribution is 2.38. The molecule has 1 fully saturated rings. The minimum atomic E-state index is 0.434. The first-order valence-corrected chi connectivity index (χ1v) is 10.00. The van der Waals surface area contributed by atoms with Gasteiger partial charge in [-0.1, -0.05) is 24.2 Å². The zero-order valence-corrected chi connectivity index (χ0v) is 15.9. The van der Waals surface area contributed by atoms with Crippen molar-refractivity contribution in [2.75, 3.05) is 11.1 Å². The van der Waals surface area contributed by atoms with E-state index in [9.17, 15) is 0 Å². The molecule has 0 aromatic carbocycles. The van der Waals surface area contributed by atoms with Gasteiger partial charge in [0.05, 0.1) is 46.6 Å². The van der Waals surface area contributed by atoms with Crippen LogP contribution in [0.25, 0.3) is 21.6 Å². The SMILES string of the molecule is Nc1nc2cc(Nc3cncnc3)cnc2cc1-c1nnc(C2CCCC2)s1. The predicted octanol–water partition coefficient (Wildman–Crippen LogP) is 3.92. The second-order valence-electron chi connectivity index (χ2n) is 6.86. The van der Waals surface area contributed by atoms with Crippen molar-refractivity contribution in [2.24, 2.45) is 0 Å². The summed E-state index contributed by atoms with van der Waals surface area (Å²) in [5.74, 6) is 0.971. The second kappa shape index (κ2) is 7.08. The highest BCUT2D eigenvalue weighted by Gasteiger charge is 2.22. The number of hydrogen-bond donors (Lipinski definition) is 2. The van der Waals surface area contributed by atoms with Crippen LogP contribution in [0.5, 0.6) is 0 Å². The molecule has 5 rings (SSSR count). The third-order valence-electron chi connectivity index (χ3n) is 4.92. The van der Waals surface area contributed by atoms with Crippen molar-refractivity contribution in [3.63, 3.8) is 0 Å². The zero-order chi connectivity index (χ0) is 18.9. The van der Waals surface area contributed by atoms with Gasteiger partial charge in [-0.15, -0.1) is 10.2 Å². The van der Waals surface area contributed by atoms with Crippen LogP contribution in [0.3, 0.4) is 0 Å². The lowest BCUT2D eigenvalue weighted by atomic mass is 10.1. The molecule has 3 N–H and O–H groups in total. The van der Waals surface area contributed by atoms with Crippen LogP contribution in [0.2, 0.25) is 0 Å². The molecule has 1 saturated carbocycles. The standard InChI is InChI=1S/C19H18N8S/c20-17-14(19-27-26-18(28-19)11-3-1-2-4-11)6-15-16(25-17)5-12(9-23-15)24-13-7-21-10-22-8-13/h5-11,24H,1-4H2,(H2,20,25). The predicted molar refractivity (Wildman–Crippen MR) is 109 cm³/mol. The highest BCUT2D eigenvalue weighted by molar-refractivity contribution is 7.14. The lowest BCUT2D eigenvalue weighted by Crippen LogP contribution is -1.98. The van der Waals surface area contributed by atoms with Crippen molar-refractivity contribution in [2.45, 2.75) is 31.6 Å². The first-order valence-electron chi connectivity index (χ1n) is 9.18. The summed E-state index contributed by atoms with van der Waals surface area (Å²) in [4.78, 5) is 17.1. The Morgan fingerprint density at radius 1 is 0.964 bits per heavy atom. The number of fused-ring (bicyclic) bond motifs is 1. The third-order valence-corrected chi connectivity index (χ3v) is 6.04. The molecule has 140 valence electrons. The fourth-order valence-electron chi connectivity index (χ4n) is 3.52. The molecule has 4 aromatic heterocycles. The van der Waals surface area contributed by atoms with Gasteiger partial charge >= 0.3 is 0 Å². The van der Waals surface area contributed by atoms with E-state index in [2.05, 4.69) is 35.5 Å². The van der Waals surface area contributed by atoms with E-state index < -0.39 is 0 Å². The van der Waals surface area contributed by atoms with Crippen LogP contribution in [-0.4, -0.2) is 30.1 Å². The van der Waals surface area contributed by atoms with Crippen molar-refractivity contribution in [1.82, 2.24) is 30.1 Å². The normalized spacial score (nSPS) is 14.6. The molecule has 4 heterocycles. The highest BCUT2D eigenvalue weighted by atomic mass is 32.1. The molecule has 0 saturated heterocycles. The van der Waals surface area contributed by atoms with Gasteiger partial charge in [0.1, 0.15) is 17.2 Å². The van der Waals surface area contributed by atoms with Crippen LogP contribution in [0, 0.1) is 0 Å². The Balaban J connectivity index is 1.46. The van der Waals surface area contributed by atoms with Crippen LogP contribution < -0.4 is 11.1 Å². The summed E-state index contributed by atoms with van der Waals surface area (Å²) in [6.07, 6.45) is 11.6. The van der Waals surface area contributed by atoms with Crippen LogP contribution in [0.1, 0.15) is 36.6 Å². The van der Waals surface area contributed by atoms with E-state index in [4.69, 9.17) is 5.73 Å². The molecule has 0 unspecified atom stereocenters. The van der Waals surface area contributed by atoms with Gasteiger partial charge < -0.3 is 11.1 Å². The van der Waals surface area contributed by atoms with E-state index in [1.54, 1.807) is 29.9 Å². The second-order valence-corrected chi connectivity index (χ2v) is 7.87. The smallest absolute Gasteiger partial charge is 0.151 e. The van der Waals surface area contributed by atoms with Crippen LogP contribution >= 0.6 is 11.3 Å². The summed E-state index contributed by atoms with van der Waals surface area (Å²) in [6, 6.07) is 3.84. The van der Waals surface area contributed by atoms with Crippen molar-refractivity contribution in [3.05, 3.63) is 42.1 Å². The number of pyridine rings is 2. The number of nitrogens with one attached hydrogen (secondary N) is 1. The van der Waals surface area contributed by atoms with Gasteiger partial charge in [0, 0.05) is 5.92 Å². The van der Waals surface area contributed by atoms with Gasteiger partial charge in [-0.2, -0.15) is 0 Å². The summed E-state index contributed by atoms with van der Waals surface area (Å²) in [5.41, 5.74) is 10.1. The molecule has 9 heteroatoms. The van der Waals surface area contributed by atoms with E-state index in [0.29, 0.717) is 17.3 Å². The van der Waals surface area contributed by atoms with Crippen molar-refractivity contribution < 1.29 is 0 Å². The van der Waals surface area contributed by atoms with E-state index in [0.717, 1.165) is 32.5 Å². The average molecular weight is 390 g/mol. The lowest BCUT2D eigenvalue weighted by molar-refractivity contribution is 0.705. The Hall–Kier alpha value is -3.20. The summed E-state index contributed by atoms with van der Waals surface area (Å²) in [7, 11) is 0. The molecular weight excluding hydrogens is 372 g/mol. The molecule has 4 aromatic rings. The van der Waals surface area contributed by atoms with E-state index in [1.807, 2.05) is 12.1 Å². The molecule has 0 atom stereocenters. The van der Waals surface area contributed by atoms with Gasteiger partial charge in [-0.25, -0.2) is 15.0 Å². The van der Waals surface area contributed by atoms with Crippen molar-refractivity contribution in [1.29, 1.82) is 0 Å². The molecule has 28 heavy (non-hydrogen) atoms. The fraction of sp³-hybridized carbons (Fsp3) is 0.263. The molecule has 1 aliphatic carbocycles. The minimum Gasteiger partial charge on any atom is -0.383 e. The van der Waals surface area contributed by atoms with E-state index in [1.165, 1.54) is 32.0 Å². The maximum Gasteiger partial charge on any atom is 0.151 e.